The molecule has 0 aromatic heterocycles. The summed E-state index contributed by atoms with van der Waals surface area (Å²) in [6.07, 6.45) is 3.32. The second-order valence-electron chi connectivity index (χ2n) is 4.00. The summed E-state index contributed by atoms with van der Waals surface area (Å²) in [5, 5.41) is 12.2. The first-order chi connectivity index (χ1) is 7.77. The van der Waals surface area contributed by atoms with Crippen LogP contribution in [0.25, 0.3) is 0 Å². The lowest BCUT2D eigenvalue weighted by molar-refractivity contribution is 0.200. The topological polar surface area (TPSA) is 52.6 Å². The highest BCUT2D eigenvalue weighted by molar-refractivity contribution is 5.90. The summed E-state index contributed by atoms with van der Waals surface area (Å²) in [5.41, 5.74) is 0.470. The molecule has 1 heterocycles. The van der Waals surface area contributed by atoms with Crippen molar-refractivity contribution in [2.24, 2.45) is 0 Å². The van der Waals surface area contributed by atoms with Gasteiger partial charge in [0.2, 0.25) is 0 Å². The number of rotatable bonds is 1. The van der Waals surface area contributed by atoms with E-state index >= 15 is 0 Å². The van der Waals surface area contributed by atoms with Gasteiger partial charge in [-0.15, -0.1) is 0 Å². The smallest absolute Gasteiger partial charge is 0.321 e. The van der Waals surface area contributed by atoms with Crippen LogP contribution in [0, 0.1) is 0 Å². The zero-order chi connectivity index (χ0) is 11.4. The van der Waals surface area contributed by atoms with Gasteiger partial charge in [0.1, 0.15) is 5.75 Å². The number of piperidine rings is 1. The molecule has 0 saturated carbocycles. The lowest BCUT2D eigenvalue weighted by Crippen LogP contribution is -2.38. The largest absolute Gasteiger partial charge is 0.506 e. The average Bonchev–Trinajstić information content (AvgIpc) is 2.33. The van der Waals surface area contributed by atoms with Gasteiger partial charge in [-0.1, -0.05) is 12.1 Å². The van der Waals surface area contributed by atoms with E-state index in [0.717, 1.165) is 25.9 Å². The standard InChI is InChI=1S/C12H16N2O2/c15-11-7-3-2-6-10(11)13-12(16)14-8-4-1-5-9-14/h2-3,6-7,15H,1,4-5,8-9H2,(H,13,16). The maximum atomic E-state index is 11.8. The zero-order valence-electron chi connectivity index (χ0n) is 9.15. The molecule has 0 aliphatic carbocycles. The Morgan fingerprint density at radius 3 is 2.56 bits per heavy atom. The number of anilines is 1. The zero-order valence-corrected chi connectivity index (χ0v) is 9.15. The number of amides is 2. The minimum Gasteiger partial charge on any atom is -0.506 e. The SMILES string of the molecule is O=C(Nc1ccccc1O)N1CCCCC1. The minimum atomic E-state index is -0.124. The van der Waals surface area contributed by atoms with E-state index in [9.17, 15) is 9.90 Å². The highest BCUT2D eigenvalue weighted by Crippen LogP contribution is 2.22. The molecule has 1 saturated heterocycles. The molecular formula is C12H16N2O2. The van der Waals surface area contributed by atoms with E-state index in [0.29, 0.717) is 5.69 Å². The number of para-hydroxylation sites is 2. The predicted octanol–water partition coefficient (Wildman–Crippen LogP) is 2.41. The number of likely N-dealkylation sites (tertiary alicyclic amines) is 1. The van der Waals surface area contributed by atoms with Gasteiger partial charge in [-0.05, 0) is 31.4 Å². The van der Waals surface area contributed by atoms with Crippen LogP contribution < -0.4 is 5.32 Å². The molecular weight excluding hydrogens is 204 g/mol. The summed E-state index contributed by atoms with van der Waals surface area (Å²) in [6.45, 7) is 1.61. The molecule has 0 radical (unpaired) electrons. The van der Waals surface area contributed by atoms with E-state index in [-0.39, 0.29) is 11.8 Å². The summed E-state index contributed by atoms with van der Waals surface area (Å²) in [6, 6.07) is 6.64. The molecule has 1 aromatic rings. The molecule has 2 rings (SSSR count). The summed E-state index contributed by atoms with van der Waals surface area (Å²) < 4.78 is 0. The van der Waals surface area contributed by atoms with Crippen LogP contribution in [0.1, 0.15) is 19.3 Å². The third-order valence-corrected chi connectivity index (χ3v) is 2.79. The first-order valence-electron chi connectivity index (χ1n) is 5.61. The molecule has 1 aliphatic rings. The van der Waals surface area contributed by atoms with Crippen molar-refractivity contribution in [1.82, 2.24) is 4.90 Å². The Morgan fingerprint density at radius 1 is 1.19 bits per heavy atom. The molecule has 86 valence electrons. The normalized spacial score (nSPS) is 15.9. The van der Waals surface area contributed by atoms with E-state index in [4.69, 9.17) is 0 Å². The van der Waals surface area contributed by atoms with Gasteiger partial charge >= 0.3 is 6.03 Å². The number of urea groups is 1. The van der Waals surface area contributed by atoms with Gasteiger partial charge in [-0.3, -0.25) is 0 Å². The number of aromatic hydroxyl groups is 1. The summed E-state index contributed by atoms with van der Waals surface area (Å²) in [4.78, 5) is 13.6. The first-order valence-corrected chi connectivity index (χ1v) is 5.61. The van der Waals surface area contributed by atoms with Gasteiger partial charge in [0, 0.05) is 13.1 Å². The number of nitrogens with one attached hydrogen (secondary N) is 1. The third kappa shape index (κ3) is 2.45. The summed E-state index contributed by atoms with van der Waals surface area (Å²) in [7, 11) is 0. The number of hydrogen-bond donors (Lipinski definition) is 2. The van der Waals surface area contributed by atoms with Crippen molar-refractivity contribution < 1.29 is 9.90 Å². The second kappa shape index (κ2) is 4.88. The van der Waals surface area contributed by atoms with E-state index in [1.165, 1.54) is 6.42 Å². The number of benzene rings is 1. The minimum absolute atomic E-state index is 0.104. The molecule has 2 N–H and O–H groups in total. The van der Waals surface area contributed by atoms with Crippen LogP contribution in [0.15, 0.2) is 24.3 Å². The van der Waals surface area contributed by atoms with Crippen LogP contribution in [0.4, 0.5) is 10.5 Å². The maximum absolute atomic E-state index is 11.8. The van der Waals surface area contributed by atoms with Crippen molar-refractivity contribution in [3.8, 4) is 5.75 Å². The number of phenolic OH excluding ortho intramolecular Hbond substituents is 1. The highest BCUT2D eigenvalue weighted by atomic mass is 16.3. The van der Waals surface area contributed by atoms with Crippen molar-refractivity contribution in [1.29, 1.82) is 0 Å². The van der Waals surface area contributed by atoms with Crippen LogP contribution in [0.2, 0.25) is 0 Å². The van der Waals surface area contributed by atoms with Crippen molar-refractivity contribution in [2.45, 2.75) is 19.3 Å². The molecule has 1 fully saturated rings. The number of nitrogens with zero attached hydrogens (tertiary/aromatic N) is 1. The summed E-state index contributed by atoms with van der Waals surface area (Å²) >= 11 is 0. The fraction of sp³-hybridized carbons (Fsp3) is 0.417. The monoisotopic (exact) mass is 220 g/mol. The van der Waals surface area contributed by atoms with E-state index < -0.39 is 0 Å². The van der Waals surface area contributed by atoms with Gasteiger partial charge in [-0.25, -0.2) is 4.79 Å². The second-order valence-corrected chi connectivity index (χ2v) is 4.00. The Balaban J connectivity index is 1.99. The van der Waals surface area contributed by atoms with Crippen LogP contribution in [-0.4, -0.2) is 29.1 Å². The summed E-state index contributed by atoms with van der Waals surface area (Å²) in [5.74, 6) is 0.104. The molecule has 2 amide bonds. The fourth-order valence-corrected chi connectivity index (χ4v) is 1.87. The Kier molecular flexibility index (Phi) is 3.29. The van der Waals surface area contributed by atoms with Gasteiger partial charge in [-0.2, -0.15) is 0 Å². The van der Waals surface area contributed by atoms with Crippen LogP contribution >= 0.6 is 0 Å². The van der Waals surface area contributed by atoms with Crippen molar-refractivity contribution in [2.75, 3.05) is 18.4 Å². The Labute approximate surface area is 94.9 Å². The number of carbonyl (C=O) groups excluding carboxylic acids is 1. The third-order valence-electron chi connectivity index (χ3n) is 2.79. The number of phenols is 1. The number of hydrogen-bond acceptors (Lipinski definition) is 2. The Bertz CT molecular complexity index is 373. The fourth-order valence-electron chi connectivity index (χ4n) is 1.87. The van der Waals surface area contributed by atoms with E-state index in [2.05, 4.69) is 5.32 Å². The van der Waals surface area contributed by atoms with E-state index in [1.807, 2.05) is 0 Å². The van der Waals surface area contributed by atoms with Crippen molar-refractivity contribution in [3.63, 3.8) is 0 Å². The lowest BCUT2D eigenvalue weighted by Gasteiger charge is -2.26. The predicted molar refractivity (Wildman–Crippen MR) is 62.5 cm³/mol. The van der Waals surface area contributed by atoms with Crippen LogP contribution in [-0.2, 0) is 0 Å². The average molecular weight is 220 g/mol. The van der Waals surface area contributed by atoms with Crippen LogP contribution in [0.5, 0.6) is 5.75 Å². The molecule has 4 nitrogen and oxygen atoms in total. The molecule has 16 heavy (non-hydrogen) atoms. The molecule has 1 aromatic carbocycles. The molecule has 1 aliphatic heterocycles. The van der Waals surface area contributed by atoms with Crippen LogP contribution in [0.3, 0.4) is 0 Å². The quantitative estimate of drug-likeness (QED) is 0.714. The van der Waals surface area contributed by atoms with Gasteiger partial charge in [0.05, 0.1) is 5.69 Å². The highest BCUT2D eigenvalue weighted by Gasteiger charge is 2.16. The molecule has 0 bridgehead atoms. The van der Waals surface area contributed by atoms with Gasteiger partial charge in [0.15, 0.2) is 0 Å². The molecule has 4 heteroatoms. The molecule has 0 unspecified atom stereocenters. The Hall–Kier alpha value is -1.71. The molecule has 0 spiro atoms. The van der Waals surface area contributed by atoms with Crippen molar-refractivity contribution >= 4 is 11.7 Å². The number of carbonyl (C=O) groups is 1. The van der Waals surface area contributed by atoms with E-state index in [1.54, 1.807) is 29.2 Å². The van der Waals surface area contributed by atoms with Gasteiger partial charge in [0.25, 0.3) is 0 Å². The Morgan fingerprint density at radius 2 is 1.88 bits per heavy atom. The van der Waals surface area contributed by atoms with Crippen molar-refractivity contribution in [3.05, 3.63) is 24.3 Å². The molecule has 0 atom stereocenters. The van der Waals surface area contributed by atoms with Gasteiger partial charge < -0.3 is 15.3 Å². The maximum Gasteiger partial charge on any atom is 0.321 e. The first kappa shape index (κ1) is 10.8. The lowest BCUT2D eigenvalue weighted by atomic mass is 10.1.